The first-order valence-electron chi connectivity index (χ1n) is 3.22. The molecule has 0 unspecified atom stereocenters. The predicted octanol–water partition coefficient (Wildman–Crippen LogP) is 1.75. The summed E-state index contributed by atoms with van der Waals surface area (Å²) in [7, 11) is 1.77. The lowest BCUT2D eigenvalue weighted by Gasteiger charge is -1.95. The predicted molar refractivity (Wildman–Crippen MR) is 46.8 cm³/mol. The Hall–Kier alpha value is -0.310. The molecule has 0 aliphatic heterocycles. The van der Waals surface area contributed by atoms with Crippen molar-refractivity contribution in [2.75, 3.05) is 12.8 Å². The quantitative estimate of drug-likeness (QED) is 0.587. The Morgan fingerprint density at radius 2 is 2.10 bits per heavy atom. The second kappa shape index (κ2) is 5.47. The molecule has 58 valence electrons. The highest BCUT2D eigenvalue weighted by Gasteiger charge is 1.94. The molecule has 0 aromatic heterocycles. The van der Waals surface area contributed by atoms with Crippen molar-refractivity contribution < 1.29 is 4.79 Å². The van der Waals surface area contributed by atoms with Crippen LogP contribution in [0.3, 0.4) is 0 Å². The average Bonchev–Trinajstić information content (AvgIpc) is 1.87. The summed E-state index contributed by atoms with van der Waals surface area (Å²) < 4.78 is 0. The molecule has 3 heteroatoms. The maximum atomic E-state index is 10.4. The van der Waals surface area contributed by atoms with E-state index in [1.807, 2.05) is 6.92 Å². The molecule has 0 rings (SSSR count). The number of hydrogen-bond donors (Lipinski definition) is 0. The van der Waals surface area contributed by atoms with Gasteiger partial charge in [0.2, 0.25) is 0 Å². The highest BCUT2D eigenvalue weighted by Crippen LogP contribution is 2.03. The number of hydrogen-bond acceptors (Lipinski definition) is 3. The first-order valence-corrected chi connectivity index (χ1v) is 4.21. The van der Waals surface area contributed by atoms with Gasteiger partial charge in [-0.3, -0.25) is 9.79 Å². The van der Waals surface area contributed by atoms with Gasteiger partial charge < -0.3 is 0 Å². The molecule has 0 aromatic carbocycles. The zero-order valence-corrected chi connectivity index (χ0v) is 7.49. The van der Waals surface area contributed by atoms with Crippen LogP contribution in [-0.4, -0.2) is 23.6 Å². The van der Waals surface area contributed by atoms with Gasteiger partial charge in [-0.15, -0.1) is 0 Å². The molecule has 0 bridgehead atoms. The van der Waals surface area contributed by atoms with Crippen LogP contribution in [0.4, 0.5) is 0 Å². The van der Waals surface area contributed by atoms with E-state index < -0.39 is 0 Å². The number of nitrogens with zero attached hydrogens (tertiary/aromatic N) is 1. The summed E-state index contributed by atoms with van der Waals surface area (Å²) in [5.41, 5.74) is 1.11. The maximum Gasteiger partial charge on any atom is 0.185 e. The van der Waals surface area contributed by atoms with Crippen molar-refractivity contribution >= 4 is 22.6 Å². The molecule has 0 radical (unpaired) electrons. The molecule has 10 heavy (non-hydrogen) atoms. The third-order valence-corrected chi connectivity index (χ3v) is 1.97. The second-order valence-electron chi connectivity index (χ2n) is 2.05. The Bertz CT molecular complexity index is 143. The van der Waals surface area contributed by atoms with E-state index in [2.05, 4.69) is 4.99 Å². The van der Waals surface area contributed by atoms with Crippen molar-refractivity contribution in [1.29, 1.82) is 0 Å². The summed E-state index contributed by atoms with van der Waals surface area (Å²) in [6.07, 6.45) is 0.917. The van der Waals surface area contributed by atoms with Crippen LogP contribution in [-0.2, 0) is 4.79 Å². The van der Waals surface area contributed by atoms with E-state index in [1.54, 1.807) is 14.0 Å². The molecule has 2 nitrogen and oxygen atoms in total. The van der Waals surface area contributed by atoms with Crippen LogP contribution in [0, 0.1) is 0 Å². The minimum Gasteiger partial charge on any atom is -0.298 e. The van der Waals surface area contributed by atoms with Crippen LogP contribution in [0.15, 0.2) is 4.99 Å². The van der Waals surface area contributed by atoms with Gasteiger partial charge in [-0.25, -0.2) is 0 Å². The standard InChI is InChI=1S/C7H13NOS/c1-6(8-3)4-5-10-7(2)9/h4-5H2,1-3H3. The van der Waals surface area contributed by atoms with Crippen LogP contribution in [0.1, 0.15) is 20.3 Å². The number of carbonyl (C=O) groups excluding carboxylic acids is 1. The smallest absolute Gasteiger partial charge is 0.185 e. The summed E-state index contributed by atoms with van der Waals surface area (Å²) in [5.74, 6) is 0.860. The SMILES string of the molecule is CN=C(C)CCSC(C)=O. The minimum atomic E-state index is 0.184. The van der Waals surface area contributed by atoms with E-state index in [0.29, 0.717) is 0 Å². The van der Waals surface area contributed by atoms with Crippen molar-refractivity contribution in [2.45, 2.75) is 20.3 Å². The van der Waals surface area contributed by atoms with Gasteiger partial charge >= 0.3 is 0 Å². The van der Waals surface area contributed by atoms with E-state index in [-0.39, 0.29) is 5.12 Å². The largest absolute Gasteiger partial charge is 0.298 e. The molecule has 0 fully saturated rings. The lowest BCUT2D eigenvalue weighted by molar-refractivity contribution is -0.109. The highest BCUT2D eigenvalue weighted by atomic mass is 32.2. The molecule has 0 amide bonds. The monoisotopic (exact) mass is 159 g/mol. The zero-order valence-electron chi connectivity index (χ0n) is 6.68. The fourth-order valence-corrected chi connectivity index (χ4v) is 1.14. The maximum absolute atomic E-state index is 10.4. The van der Waals surface area contributed by atoms with Crippen LogP contribution < -0.4 is 0 Å². The van der Waals surface area contributed by atoms with Crippen LogP contribution in [0.25, 0.3) is 0 Å². The molecule has 0 aliphatic rings. The number of carbonyl (C=O) groups is 1. The van der Waals surface area contributed by atoms with Gasteiger partial charge in [-0.2, -0.15) is 0 Å². The molecule has 0 saturated heterocycles. The first kappa shape index (κ1) is 9.69. The van der Waals surface area contributed by atoms with Crippen molar-refractivity contribution in [2.24, 2.45) is 4.99 Å². The fourth-order valence-electron chi connectivity index (χ4n) is 0.454. The third-order valence-electron chi connectivity index (χ3n) is 1.15. The lowest BCUT2D eigenvalue weighted by atomic mass is 10.3. The molecule has 0 spiro atoms. The molecular weight excluding hydrogens is 146 g/mol. The number of thioether (sulfide) groups is 1. The van der Waals surface area contributed by atoms with Gasteiger partial charge in [0.25, 0.3) is 0 Å². The summed E-state index contributed by atoms with van der Waals surface area (Å²) in [6, 6.07) is 0. The van der Waals surface area contributed by atoms with E-state index >= 15 is 0 Å². The van der Waals surface area contributed by atoms with Gasteiger partial charge in [0, 0.05) is 25.4 Å². The molecule has 0 N–H and O–H groups in total. The van der Waals surface area contributed by atoms with E-state index in [9.17, 15) is 4.79 Å². The van der Waals surface area contributed by atoms with E-state index in [4.69, 9.17) is 0 Å². The topological polar surface area (TPSA) is 29.4 Å². The minimum absolute atomic E-state index is 0.184. The average molecular weight is 159 g/mol. The van der Waals surface area contributed by atoms with Gasteiger partial charge in [0.1, 0.15) is 0 Å². The van der Waals surface area contributed by atoms with Crippen molar-refractivity contribution in [3.8, 4) is 0 Å². The normalized spacial score (nSPS) is 11.7. The zero-order chi connectivity index (χ0) is 7.98. The van der Waals surface area contributed by atoms with Crippen LogP contribution in [0.5, 0.6) is 0 Å². The van der Waals surface area contributed by atoms with Crippen molar-refractivity contribution in [3.05, 3.63) is 0 Å². The molecule has 0 atom stereocenters. The first-order chi connectivity index (χ1) is 4.66. The summed E-state index contributed by atoms with van der Waals surface area (Å²) in [5, 5.41) is 0.184. The van der Waals surface area contributed by atoms with Gasteiger partial charge in [0.15, 0.2) is 5.12 Å². The Morgan fingerprint density at radius 3 is 2.50 bits per heavy atom. The number of rotatable bonds is 3. The van der Waals surface area contributed by atoms with Crippen molar-refractivity contribution in [3.63, 3.8) is 0 Å². The molecule has 0 aromatic rings. The Morgan fingerprint density at radius 1 is 1.50 bits per heavy atom. The van der Waals surface area contributed by atoms with Gasteiger partial charge in [0.05, 0.1) is 0 Å². The van der Waals surface area contributed by atoms with E-state index in [0.717, 1.165) is 17.9 Å². The third kappa shape index (κ3) is 5.82. The molecule has 0 heterocycles. The Balaban J connectivity index is 3.29. The highest BCUT2D eigenvalue weighted by molar-refractivity contribution is 8.13. The Labute approximate surface area is 66.1 Å². The van der Waals surface area contributed by atoms with Gasteiger partial charge in [-0.05, 0) is 13.3 Å². The van der Waals surface area contributed by atoms with E-state index in [1.165, 1.54) is 11.8 Å². The summed E-state index contributed by atoms with van der Waals surface area (Å²) in [4.78, 5) is 14.4. The van der Waals surface area contributed by atoms with Gasteiger partial charge in [-0.1, -0.05) is 11.8 Å². The number of aliphatic imine (C=N–C) groups is 1. The molecular formula is C7H13NOS. The lowest BCUT2D eigenvalue weighted by Crippen LogP contribution is -1.94. The molecule has 0 saturated carbocycles. The van der Waals surface area contributed by atoms with Crippen LogP contribution >= 0.6 is 11.8 Å². The summed E-state index contributed by atoms with van der Waals surface area (Å²) in [6.45, 7) is 3.56. The second-order valence-corrected chi connectivity index (χ2v) is 3.32. The Kier molecular flexibility index (Phi) is 5.30. The summed E-state index contributed by atoms with van der Waals surface area (Å²) >= 11 is 1.36. The fraction of sp³-hybridized carbons (Fsp3) is 0.714. The molecule has 0 aliphatic carbocycles. The van der Waals surface area contributed by atoms with Crippen molar-refractivity contribution in [1.82, 2.24) is 0 Å². The van der Waals surface area contributed by atoms with Crippen LogP contribution in [0.2, 0.25) is 0 Å².